The summed E-state index contributed by atoms with van der Waals surface area (Å²) in [5.74, 6) is 0.562. The molecular formula is C18H28ClNO2. The lowest BCUT2D eigenvalue weighted by Gasteiger charge is -2.31. The van der Waals surface area contributed by atoms with E-state index in [-0.39, 0.29) is 30.4 Å². The van der Waals surface area contributed by atoms with E-state index >= 15 is 0 Å². The van der Waals surface area contributed by atoms with E-state index in [1.54, 1.807) is 0 Å². The van der Waals surface area contributed by atoms with Crippen LogP contribution in [-0.2, 0) is 9.53 Å². The fraction of sp³-hybridized carbons (Fsp3) is 0.611. The van der Waals surface area contributed by atoms with Crippen LogP contribution in [0.2, 0.25) is 0 Å². The van der Waals surface area contributed by atoms with Crippen molar-refractivity contribution in [2.75, 3.05) is 0 Å². The highest BCUT2D eigenvalue weighted by Crippen LogP contribution is 2.37. The van der Waals surface area contributed by atoms with E-state index in [1.165, 1.54) is 5.56 Å². The normalized spacial score (nSPS) is 29.5. The maximum absolute atomic E-state index is 12.0. The zero-order valence-electron chi connectivity index (χ0n) is 13.5. The first kappa shape index (κ1) is 19.0. The number of nitrogens with two attached hydrogens (primary N) is 1. The van der Waals surface area contributed by atoms with Crippen LogP contribution in [0.15, 0.2) is 30.3 Å². The lowest BCUT2D eigenvalue weighted by molar-refractivity contribution is -0.151. The molecular weight excluding hydrogens is 298 g/mol. The number of halogens is 1. The number of carbonyl (C=O) groups excluding carboxylic acids is 1. The molecule has 1 aliphatic rings. The zero-order valence-corrected chi connectivity index (χ0v) is 14.4. The van der Waals surface area contributed by atoms with Crippen LogP contribution in [0.4, 0.5) is 0 Å². The van der Waals surface area contributed by atoms with Gasteiger partial charge in [-0.05, 0) is 37.7 Å². The predicted molar refractivity (Wildman–Crippen MR) is 92.2 cm³/mol. The Morgan fingerprint density at radius 1 is 1.23 bits per heavy atom. The molecule has 0 aliphatic carbocycles. The Bertz CT molecular complexity index is 452. The molecule has 1 fully saturated rings. The average molecular weight is 326 g/mol. The summed E-state index contributed by atoms with van der Waals surface area (Å²) in [4.78, 5) is 12.0. The molecule has 0 aromatic heterocycles. The van der Waals surface area contributed by atoms with Gasteiger partial charge < -0.3 is 10.5 Å². The number of cyclic esters (lactones) is 1. The van der Waals surface area contributed by atoms with Gasteiger partial charge in [-0.3, -0.25) is 4.79 Å². The fourth-order valence-electron chi connectivity index (χ4n) is 3.54. The minimum absolute atomic E-state index is 0. The van der Waals surface area contributed by atoms with Crippen molar-refractivity contribution < 1.29 is 9.53 Å². The molecule has 0 saturated carbocycles. The van der Waals surface area contributed by atoms with Crippen LogP contribution in [-0.4, -0.2) is 18.1 Å². The van der Waals surface area contributed by atoms with E-state index < -0.39 is 6.04 Å². The first-order chi connectivity index (χ1) is 10.1. The second-order valence-electron chi connectivity index (χ2n) is 6.16. The number of benzene rings is 1. The fourth-order valence-corrected chi connectivity index (χ4v) is 3.54. The molecule has 0 bridgehead atoms. The summed E-state index contributed by atoms with van der Waals surface area (Å²) in [6.07, 6.45) is 5.03. The Kier molecular flexibility index (Phi) is 7.91. The number of hydrogen-bond acceptors (Lipinski definition) is 3. The molecule has 4 heteroatoms. The largest absolute Gasteiger partial charge is 0.461 e. The summed E-state index contributed by atoms with van der Waals surface area (Å²) in [6.45, 7) is 4.23. The minimum atomic E-state index is -0.468. The van der Waals surface area contributed by atoms with Gasteiger partial charge in [-0.25, -0.2) is 0 Å². The minimum Gasteiger partial charge on any atom is -0.461 e. The third-order valence-electron chi connectivity index (χ3n) is 4.55. The summed E-state index contributed by atoms with van der Waals surface area (Å²) in [5, 5.41) is 0. The summed E-state index contributed by atoms with van der Waals surface area (Å²) >= 11 is 0. The molecule has 22 heavy (non-hydrogen) atoms. The number of ether oxygens (including phenoxy) is 1. The van der Waals surface area contributed by atoms with E-state index in [4.69, 9.17) is 10.5 Å². The Morgan fingerprint density at radius 2 is 1.91 bits per heavy atom. The molecule has 2 rings (SSSR count). The standard InChI is InChI=1S/C18H27NO2.ClH/c1-3-8-14-11-7-12-16(19)18(20)21-13(2)17(14)15-9-5-4-6-10-15;/h4-6,9-10,13-14,16-17H,3,7-8,11-12,19H2,1-2H3;1H/t13-,14-,16-,17-;/m0./s1. The topological polar surface area (TPSA) is 52.3 Å². The van der Waals surface area contributed by atoms with Crippen molar-refractivity contribution in [3.05, 3.63) is 35.9 Å². The lowest BCUT2D eigenvalue weighted by Crippen LogP contribution is -2.35. The molecule has 1 saturated heterocycles. The monoisotopic (exact) mass is 325 g/mol. The van der Waals surface area contributed by atoms with E-state index in [0.29, 0.717) is 5.92 Å². The van der Waals surface area contributed by atoms with Gasteiger partial charge in [0.15, 0.2) is 0 Å². The maximum Gasteiger partial charge on any atom is 0.323 e. The Balaban J connectivity index is 0.00000242. The van der Waals surface area contributed by atoms with Gasteiger partial charge in [0.05, 0.1) is 0 Å². The van der Waals surface area contributed by atoms with Crippen molar-refractivity contribution in [1.82, 2.24) is 0 Å². The maximum atomic E-state index is 12.0. The van der Waals surface area contributed by atoms with E-state index in [0.717, 1.165) is 32.1 Å². The first-order valence-corrected chi connectivity index (χ1v) is 8.14. The number of esters is 1. The van der Waals surface area contributed by atoms with Gasteiger partial charge in [0.1, 0.15) is 12.1 Å². The number of rotatable bonds is 3. The summed E-state index contributed by atoms with van der Waals surface area (Å²) in [7, 11) is 0. The summed E-state index contributed by atoms with van der Waals surface area (Å²) < 4.78 is 5.66. The van der Waals surface area contributed by atoms with Crippen molar-refractivity contribution >= 4 is 18.4 Å². The Labute approximate surface area is 140 Å². The molecule has 0 unspecified atom stereocenters. The van der Waals surface area contributed by atoms with Crippen LogP contribution in [0.5, 0.6) is 0 Å². The van der Waals surface area contributed by atoms with Crippen LogP contribution in [0.3, 0.4) is 0 Å². The third kappa shape index (κ3) is 4.72. The van der Waals surface area contributed by atoms with Crippen LogP contribution in [0.25, 0.3) is 0 Å². The predicted octanol–water partition coefficient (Wildman–Crippen LogP) is 4.05. The van der Waals surface area contributed by atoms with E-state index in [1.807, 2.05) is 13.0 Å². The Morgan fingerprint density at radius 3 is 2.55 bits per heavy atom. The molecule has 1 aliphatic heterocycles. The zero-order chi connectivity index (χ0) is 15.2. The smallest absolute Gasteiger partial charge is 0.323 e. The first-order valence-electron chi connectivity index (χ1n) is 8.14. The van der Waals surface area contributed by atoms with Crippen LogP contribution >= 0.6 is 12.4 Å². The van der Waals surface area contributed by atoms with Gasteiger partial charge in [-0.1, -0.05) is 50.1 Å². The lowest BCUT2D eigenvalue weighted by atomic mass is 9.77. The molecule has 4 atom stereocenters. The molecule has 3 nitrogen and oxygen atoms in total. The average Bonchev–Trinajstić information content (AvgIpc) is 2.52. The molecule has 1 aromatic carbocycles. The summed E-state index contributed by atoms with van der Waals surface area (Å²) in [5.41, 5.74) is 7.18. The molecule has 1 aromatic rings. The molecule has 0 amide bonds. The molecule has 2 N–H and O–H groups in total. The van der Waals surface area contributed by atoms with Crippen molar-refractivity contribution in [3.8, 4) is 0 Å². The molecule has 124 valence electrons. The van der Waals surface area contributed by atoms with Crippen molar-refractivity contribution in [3.63, 3.8) is 0 Å². The van der Waals surface area contributed by atoms with E-state index in [9.17, 15) is 4.79 Å². The van der Waals surface area contributed by atoms with Crippen LogP contribution in [0.1, 0.15) is 57.4 Å². The van der Waals surface area contributed by atoms with Crippen LogP contribution in [0, 0.1) is 5.92 Å². The highest BCUT2D eigenvalue weighted by atomic mass is 35.5. The molecule has 0 spiro atoms. The Hall–Kier alpha value is -1.06. The van der Waals surface area contributed by atoms with Gasteiger partial charge in [-0.15, -0.1) is 12.4 Å². The van der Waals surface area contributed by atoms with Gasteiger partial charge >= 0.3 is 5.97 Å². The number of carbonyl (C=O) groups is 1. The second-order valence-corrected chi connectivity index (χ2v) is 6.16. The molecule has 1 heterocycles. The van der Waals surface area contributed by atoms with Gasteiger partial charge in [0.2, 0.25) is 0 Å². The SMILES string of the molecule is CCC[C@H]1CCC[C@H](N)C(=O)O[C@@H](C)[C@@H]1c1ccccc1.Cl. The van der Waals surface area contributed by atoms with E-state index in [2.05, 4.69) is 31.2 Å². The molecule has 0 radical (unpaired) electrons. The third-order valence-corrected chi connectivity index (χ3v) is 4.55. The van der Waals surface area contributed by atoms with Crippen molar-refractivity contribution in [1.29, 1.82) is 0 Å². The highest BCUT2D eigenvalue weighted by Gasteiger charge is 2.32. The van der Waals surface area contributed by atoms with Gasteiger partial charge in [0.25, 0.3) is 0 Å². The highest BCUT2D eigenvalue weighted by molar-refractivity contribution is 5.85. The van der Waals surface area contributed by atoms with Crippen molar-refractivity contribution in [2.24, 2.45) is 11.7 Å². The summed E-state index contributed by atoms with van der Waals surface area (Å²) in [6, 6.07) is 9.98. The second kappa shape index (κ2) is 9.16. The quantitative estimate of drug-likeness (QED) is 0.853. The van der Waals surface area contributed by atoms with Crippen LogP contribution < -0.4 is 5.73 Å². The van der Waals surface area contributed by atoms with Crippen molar-refractivity contribution in [2.45, 2.75) is 64.0 Å². The van der Waals surface area contributed by atoms with Gasteiger partial charge in [0, 0.05) is 5.92 Å². The number of hydrogen-bond donors (Lipinski definition) is 1. The van der Waals surface area contributed by atoms with Gasteiger partial charge in [-0.2, -0.15) is 0 Å².